The van der Waals surface area contributed by atoms with Crippen molar-refractivity contribution < 1.29 is 19.1 Å². The Labute approximate surface area is 135 Å². The van der Waals surface area contributed by atoms with Crippen molar-refractivity contribution in [1.29, 1.82) is 0 Å². The molecule has 0 bridgehead atoms. The third-order valence-corrected chi connectivity index (χ3v) is 4.94. The average molecular weight is 330 g/mol. The van der Waals surface area contributed by atoms with Crippen molar-refractivity contribution >= 4 is 5.91 Å². The standard InChI is InChI=1S/C15H27FN4O3/c16-11-3-1-2-10(4-11)7-20-8-12(6-17-20)18-15(22)14-5-13(9-21)23-19-14/h10-14,17,19,21H,1-9H2,(H,18,22). The van der Waals surface area contributed by atoms with Crippen LogP contribution >= 0.6 is 0 Å². The Bertz CT molecular complexity index is 414. The molecule has 1 aliphatic carbocycles. The molecule has 2 heterocycles. The minimum atomic E-state index is -0.653. The van der Waals surface area contributed by atoms with Gasteiger partial charge in [-0.05, 0) is 25.2 Å². The lowest BCUT2D eigenvalue weighted by Gasteiger charge is -2.28. The van der Waals surface area contributed by atoms with E-state index in [-0.39, 0.29) is 24.7 Å². The van der Waals surface area contributed by atoms with Crippen LogP contribution in [0.15, 0.2) is 0 Å². The first kappa shape index (κ1) is 17.0. The minimum Gasteiger partial charge on any atom is -0.394 e. The molecular weight excluding hydrogens is 303 g/mol. The van der Waals surface area contributed by atoms with Gasteiger partial charge in [0.15, 0.2) is 0 Å². The number of hydrogen-bond donors (Lipinski definition) is 4. The first-order chi connectivity index (χ1) is 11.1. The Morgan fingerprint density at radius 3 is 3.00 bits per heavy atom. The molecule has 0 radical (unpaired) electrons. The van der Waals surface area contributed by atoms with E-state index in [1.807, 2.05) is 0 Å². The number of aliphatic hydroxyl groups excluding tert-OH is 1. The molecule has 0 aromatic carbocycles. The van der Waals surface area contributed by atoms with E-state index in [4.69, 9.17) is 9.94 Å². The van der Waals surface area contributed by atoms with Gasteiger partial charge in [-0.1, -0.05) is 6.42 Å². The minimum absolute atomic E-state index is 0.0437. The Hall–Kier alpha value is -0.800. The number of rotatable bonds is 5. The maximum Gasteiger partial charge on any atom is 0.239 e. The molecule has 5 unspecified atom stereocenters. The Balaban J connectivity index is 1.38. The monoisotopic (exact) mass is 330 g/mol. The van der Waals surface area contributed by atoms with Crippen LogP contribution in [0.1, 0.15) is 32.1 Å². The summed E-state index contributed by atoms with van der Waals surface area (Å²) in [6.07, 6.45) is 2.92. The number of halogens is 1. The van der Waals surface area contributed by atoms with Crippen LogP contribution in [0.5, 0.6) is 0 Å². The second kappa shape index (κ2) is 7.85. The fourth-order valence-corrected chi connectivity index (χ4v) is 3.68. The normalized spacial score (nSPS) is 38.8. The number of hydrazine groups is 1. The molecule has 3 fully saturated rings. The molecule has 0 spiro atoms. The third kappa shape index (κ3) is 4.60. The van der Waals surface area contributed by atoms with Gasteiger partial charge in [0, 0.05) is 26.1 Å². The molecule has 3 rings (SSSR count). The molecule has 4 N–H and O–H groups in total. The number of carbonyl (C=O) groups excluding carboxylic acids is 1. The molecule has 5 atom stereocenters. The fourth-order valence-electron chi connectivity index (χ4n) is 3.68. The van der Waals surface area contributed by atoms with Gasteiger partial charge in [-0.2, -0.15) is 5.48 Å². The lowest BCUT2D eigenvalue weighted by Crippen LogP contribution is -2.47. The van der Waals surface area contributed by atoms with Crippen LogP contribution in [-0.2, 0) is 9.63 Å². The lowest BCUT2D eigenvalue weighted by molar-refractivity contribution is -0.125. The number of nitrogens with one attached hydrogen (secondary N) is 3. The fraction of sp³-hybridized carbons (Fsp3) is 0.933. The van der Waals surface area contributed by atoms with E-state index in [2.05, 4.69) is 21.2 Å². The summed E-state index contributed by atoms with van der Waals surface area (Å²) in [5, 5.41) is 14.1. The van der Waals surface area contributed by atoms with Gasteiger partial charge in [-0.3, -0.25) is 15.1 Å². The summed E-state index contributed by atoms with van der Waals surface area (Å²) in [5.41, 5.74) is 5.95. The molecule has 2 aliphatic heterocycles. The Morgan fingerprint density at radius 1 is 1.39 bits per heavy atom. The highest BCUT2D eigenvalue weighted by atomic mass is 19.1. The maximum absolute atomic E-state index is 13.5. The van der Waals surface area contributed by atoms with Crippen LogP contribution in [0.2, 0.25) is 0 Å². The highest BCUT2D eigenvalue weighted by Gasteiger charge is 2.33. The van der Waals surface area contributed by atoms with E-state index in [1.54, 1.807) is 0 Å². The zero-order valence-corrected chi connectivity index (χ0v) is 13.3. The van der Waals surface area contributed by atoms with Gasteiger partial charge < -0.3 is 10.4 Å². The van der Waals surface area contributed by atoms with E-state index < -0.39 is 12.2 Å². The number of carbonyl (C=O) groups is 1. The number of alkyl halides is 1. The van der Waals surface area contributed by atoms with Gasteiger partial charge in [0.2, 0.25) is 5.91 Å². The van der Waals surface area contributed by atoms with Crippen molar-refractivity contribution in [3.05, 3.63) is 0 Å². The number of aliphatic hydroxyl groups is 1. The zero-order chi connectivity index (χ0) is 16.2. The smallest absolute Gasteiger partial charge is 0.239 e. The molecule has 132 valence electrons. The maximum atomic E-state index is 13.5. The molecule has 7 nitrogen and oxygen atoms in total. The van der Waals surface area contributed by atoms with Crippen molar-refractivity contribution in [2.24, 2.45) is 5.92 Å². The summed E-state index contributed by atoms with van der Waals surface area (Å²) in [7, 11) is 0. The predicted molar refractivity (Wildman–Crippen MR) is 81.9 cm³/mol. The molecule has 23 heavy (non-hydrogen) atoms. The van der Waals surface area contributed by atoms with Gasteiger partial charge in [0.25, 0.3) is 0 Å². The van der Waals surface area contributed by atoms with Crippen LogP contribution in [0, 0.1) is 5.92 Å². The van der Waals surface area contributed by atoms with Crippen molar-refractivity contribution in [2.45, 2.75) is 56.5 Å². The predicted octanol–water partition coefficient (Wildman–Crippen LogP) is -0.526. The van der Waals surface area contributed by atoms with Crippen molar-refractivity contribution in [1.82, 2.24) is 21.2 Å². The molecule has 8 heteroatoms. The average Bonchev–Trinajstić information content (AvgIpc) is 3.16. The summed E-state index contributed by atoms with van der Waals surface area (Å²) in [5.74, 6) is 0.298. The van der Waals surface area contributed by atoms with E-state index in [0.29, 0.717) is 31.7 Å². The first-order valence-electron chi connectivity index (χ1n) is 8.59. The van der Waals surface area contributed by atoms with Crippen LogP contribution in [0.3, 0.4) is 0 Å². The molecular formula is C15H27FN4O3. The van der Waals surface area contributed by atoms with Gasteiger partial charge in [0.1, 0.15) is 18.3 Å². The molecule has 2 saturated heterocycles. The largest absolute Gasteiger partial charge is 0.394 e. The van der Waals surface area contributed by atoms with E-state index in [0.717, 1.165) is 25.9 Å². The van der Waals surface area contributed by atoms with Gasteiger partial charge in [0.05, 0.1) is 12.6 Å². The van der Waals surface area contributed by atoms with E-state index in [9.17, 15) is 9.18 Å². The first-order valence-corrected chi connectivity index (χ1v) is 8.59. The molecule has 0 aromatic heterocycles. The number of hydrogen-bond acceptors (Lipinski definition) is 6. The van der Waals surface area contributed by atoms with E-state index in [1.165, 1.54) is 0 Å². The van der Waals surface area contributed by atoms with Gasteiger partial charge >= 0.3 is 0 Å². The van der Waals surface area contributed by atoms with Crippen molar-refractivity contribution in [2.75, 3.05) is 26.2 Å². The summed E-state index contributed by atoms with van der Waals surface area (Å²) in [4.78, 5) is 17.3. The summed E-state index contributed by atoms with van der Waals surface area (Å²) in [6, 6.07) is -0.367. The highest BCUT2D eigenvalue weighted by molar-refractivity contribution is 5.82. The van der Waals surface area contributed by atoms with Crippen molar-refractivity contribution in [3.63, 3.8) is 0 Å². The number of nitrogens with zero attached hydrogens (tertiary/aromatic N) is 1. The third-order valence-electron chi connectivity index (χ3n) is 4.94. The van der Waals surface area contributed by atoms with Gasteiger partial charge in [-0.15, -0.1) is 0 Å². The number of amides is 1. The molecule has 1 saturated carbocycles. The highest BCUT2D eigenvalue weighted by Crippen LogP contribution is 2.27. The van der Waals surface area contributed by atoms with E-state index >= 15 is 0 Å². The second-order valence-electron chi connectivity index (χ2n) is 6.93. The van der Waals surface area contributed by atoms with Crippen LogP contribution in [0.25, 0.3) is 0 Å². The lowest BCUT2D eigenvalue weighted by atomic mass is 9.88. The molecule has 0 aromatic rings. The summed E-state index contributed by atoms with van der Waals surface area (Å²) in [6.45, 7) is 2.17. The number of hydroxylamine groups is 1. The summed E-state index contributed by atoms with van der Waals surface area (Å²) < 4.78 is 13.5. The van der Waals surface area contributed by atoms with Gasteiger partial charge in [-0.25, -0.2) is 9.40 Å². The second-order valence-corrected chi connectivity index (χ2v) is 6.93. The summed E-state index contributed by atoms with van der Waals surface area (Å²) >= 11 is 0. The van der Waals surface area contributed by atoms with Crippen molar-refractivity contribution in [3.8, 4) is 0 Å². The van der Waals surface area contributed by atoms with Crippen LogP contribution in [0.4, 0.5) is 4.39 Å². The molecule has 3 aliphatic rings. The Kier molecular flexibility index (Phi) is 5.81. The van der Waals surface area contributed by atoms with Crippen LogP contribution in [-0.4, -0.2) is 66.6 Å². The van der Waals surface area contributed by atoms with Crippen LogP contribution < -0.4 is 16.2 Å². The quantitative estimate of drug-likeness (QED) is 0.542. The topological polar surface area (TPSA) is 85.9 Å². The Morgan fingerprint density at radius 2 is 2.26 bits per heavy atom. The molecule has 1 amide bonds. The zero-order valence-electron chi connectivity index (χ0n) is 13.3. The SMILES string of the molecule is O=C(NC1CNN(CC2CCCC(F)C2)C1)C1CC(CO)ON1.